The minimum absolute atomic E-state index is 0.0136. The third-order valence-corrected chi connectivity index (χ3v) is 3.06. The summed E-state index contributed by atoms with van der Waals surface area (Å²) in [5.41, 5.74) is 6.51. The largest absolute Gasteiger partial charge is 0.504 e. The van der Waals surface area contributed by atoms with Gasteiger partial charge < -0.3 is 20.1 Å². The van der Waals surface area contributed by atoms with E-state index in [-0.39, 0.29) is 17.7 Å². The van der Waals surface area contributed by atoms with Crippen LogP contribution in [0.3, 0.4) is 0 Å². The average Bonchev–Trinajstić information content (AvgIpc) is 2.87. The van der Waals surface area contributed by atoms with Crippen molar-refractivity contribution in [1.82, 2.24) is 10.1 Å². The Hall–Kier alpha value is -2.08. The van der Waals surface area contributed by atoms with Crippen molar-refractivity contribution >= 4 is 0 Å². The zero-order chi connectivity index (χ0) is 14.0. The summed E-state index contributed by atoms with van der Waals surface area (Å²) < 4.78 is 10.2. The Kier molecular flexibility index (Phi) is 3.71. The van der Waals surface area contributed by atoms with Gasteiger partial charge in [-0.3, -0.25) is 0 Å². The van der Waals surface area contributed by atoms with Gasteiger partial charge in [-0.15, -0.1) is 0 Å². The summed E-state index contributed by atoms with van der Waals surface area (Å²) in [6.45, 7) is 3.82. The minimum Gasteiger partial charge on any atom is -0.504 e. The monoisotopic (exact) mass is 263 g/mol. The lowest BCUT2D eigenvalue weighted by atomic mass is 10.1. The van der Waals surface area contributed by atoms with Gasteiger partial charge in [0.1, 0.15) is 0 Å². The highest BCUT2D eigenvalue weighted by Crippen LogP contribution is 2.30. The van der Waals surface area contributed by atoms with Crippen LogP contribution in [-0.4, -0.2) is 28.4 Å². The first kappa shape index (κ1) is 13.4. The summed E-state index contributed by atoms with van der Waals surface area (Å²) >= 11 is 0. The summed E-state index contributed by atoms with van der Waals surface area (Å²) in [6, 6.07) is 4.81. The first-order valence-electron chi connectivity index (χ1n) is 5.99. The molecule has 0 radical (unpaired) electrons. The Morgan fingerprint density at radius 2 is 2.11 bits per heavy atom. The molecule has 0 bridgehead atoms. The van der Waals surface area contributed by atoms with Gasteiger partial charge >= 0.3 is 0 Å². The Morgan fingerprint density at radius 3 is 2.74 bits per heavy atom. The quantitative estimate of drug-likeness (QED) is 0.874. The van der Waals surface area contributed by atoms with E-state index in [1.165, 1.54) is 13.2 Å². The van der Waals surface area contributed by atoms with E-state index in [2.05, 4.69) is 10.1 Å². The first-order valence-corrected chi connectivity index (χ1v) is 5.99. The summed E-state index contributed by atoms with van der Waals surface area (Å²) in [7, 11) is 1.48. The van der Waals surface area contributed by atoms with Crippen molar-refractivity contribution in [3.8, 4) is 22.9 Å². The third-order valence-electron chi connectivity index (χ3n) is 3.06. The molecular formula is C13H17N3O3. The van der Waals surface area contributed by atoms with Crippen LogP contribution < -0.4 is 10.5 Å². The molecule has 1 aromatic carbocycles. The molecule has 0 aliphatic carbocycles. The highest BCUT2D eigenvalue weighted by molar-refractivity contribution is 5.60. The van der Waals surface area contributed by atoms with Crippen molar-refractivity contribution in [2.75, 3.05) is 7.11 Å². The number of nitrogens with two attached hydrogens (primary N) is 1. The molecule has 3 N–H and O–H groups in total. The number of benzene rings is 1. The highest BCUT2D eigenvalue weighted by Gasteiger charge is 2.19. The first-order chi connectivity index (χ1) is 9.02. The number of rotatable bonds is 4. The summed E-state index contributed by atoms with van der Waals surface area (Å²) in [5, 5.41) is 13.5. The SMILES string of the molecule is COc1cc(-c2noc(C(C)C(C)N)n2)ccc1O. The lowest BCUT2D eigenvalue weighted by Crippen LogP contribution is -2.22. The standard InChI is InChI=1S/C13H17N3O3/c1-7(8(2)14)13-15-12(16-19-13)9-4-5-10(17)11(6-9)18-3/h4-8,17H,14H2,1-3H3. The number of phenols is 1. The number of hydrogen-bond acceptors (Lipinski definition) is 6. The number of ether oxygens (including phenoxy) is 1. The van der Waals surface area contributed by atoms with E-state index in [9.17, 15) is 5.11 Å². The molecule has 0 saturated carbocycles. The van der Waals surface area contributed by atoms with Gasteiger partial charge in [0.15, 0.2) is 11.5 Å². The van der Waals surface area contributed by atoms with Gasteiger partial charge in [0.25, 0.3) is 0 Å². The zero-order valence-corrected chi connectivity index (χ0v) is 11.1. The van der Waals surface area contributed by atoms with Crippen LogP contribution in [-0.2, 0) is 0 Å². The molecule has 0 amide bonds. The fraction of sp³-hybridized carbons (Fsp3) is 0.385. The van der Waals surface area contributed by atoms with Crippen LogP contribution in [0.2, 0.25) is 0 Å². The maximum atomic E-state index is 9.54. The molecule has 2 rings (SSSR count). The second-order valence-electron chi connectivity index (χ2n) is 4.49. The van der Waals surface area contributed by atoms with Gasteiger partial charge in [0.05, 0.1) is 13.0 Å². The van der Waals surface area contributed by atoms with Gasteiger partial charge in [0, 0.05) is 11.6 Å². The summed E-state index contributed by atoms with van der Waals surface area (Å²) in [4.78, 5) is 4.31. The Labute approximate surface area is 111 Å². The Balaban J connectivity index is 2.32. The van der Waals surface area contributed by atoms with Crippen LogP contribution >= 0.6 is 0 Å². The van der Waals surface area contributed by atoms with E-state index in [1.54, 1.807) is 12.1 Å². The van der Waals surface area contributed by atoms with Gasteiger partial charge in [-0.2, -0.15) is 4.98 Å². The van der Waals surface area contributed by atoms with Gasteiger partial charge in [-0.25, -0.2) is 0 Å². The summed E-state index contributed by atoms with van der Waals surface area (Å²) in [6.07, 6.45) is 0. The molecular weight excluding hydrogens is 246 g/mol. The van der Waals surface area contributed by atoms with Crippen molar-refractivity contribution in [3.63, 3.8) is 0 Å². The van der Waals surface area contributed by atoms with Crippen LogP contribution in [0.4, 0.5) is 0 Å². The smallest absolute Gasteiger partial charge is 0.231 e. The maximum absolute atomic E-state index is 9.54. The lowest BCUT2D eigenvalue weighted by Gasteiger charge is -2.09. The van der Waals surface area contributed by atoms with Crippen LogP contribution in [0.5, 0.6) is 11.5 Å². The van der Waals surface area contributed by atoms with E-state index in [0.29, 0.717) is 23.0 Å². The molecule has 1 heterocycles. The molecule has 2 unspecified atom stereocenters. The molecule has 0 aliphatic heterocycles. The van der Waals surface area contributed by atoms with Crippen LogP contribution in [0.1, 0.15) is 25.7 Å². The normalized spacial score (nSPS) is 14.1. The van der Waals surface area contributed by atoms with Crippen molar-refractivity contribution in [1.29, 1.82) is 0 Å². The molecule has 6 nitrogen and oxygen atoms in total. The molecule has 6 heteroatoms. The average molecular weight is 263 g/mol. The van der Waals surface area contributed by atoms with Crippen LogP contribution in [0.15, 0.2) is 22.7 Å². The molecule has 0 aliphatic rings. The molecule has 0 saturated heterocycles. The van der Waals surface area contributed by atoms with E-state index < -0.39 is 0 Å². The van der Waals surface area contributed by atoms with Crippen molar-refractivity contribution in [2.24, 2.45) is 5.73 Å². The Bertz CT molecular complexity index is 566. The Morgan fingerprint density at radius 1 is 1.37 bits per heavy atom. The minimum atomic E-state index is -0.0670. The van der Waals surface area contributed by atoms with Gasteiger partial charge in [-0.05, 0) is 25.1 Å². The number of phenolic OH excluding ortho intramolecular Hbond substituents is 1. The summed E-state index contributed by atoms with van der Waals surface area (Å²) in [5.74, 6) is 1.36. The highest BCUT2D eigenvalue weighted by atomic mass is 16.5. The van der Waals surface area contributed by atoms with E-state index in [0.717, 1.165) is 0 Å². The molecule has 102 valence electrons. The third kappa shape index (κ3) is 2.68. The van der Waals surface area contributed by atoms with E-state index in [4.69, 9.17) is 15.0 Å². The topological polar surface area (TPSA) is 94.4 Å². The molecule has 0 fully saturated rings. The van der Waals surface area contributed by atoms with Crippen molar-refractivity contribution < 1.29 is 14.4 Å². The number of aromatic nitrogens is 2. The predicted octanol–water partition coefficient (Wildman–Crippen LogP) is 1.90. The van der Waals surface area contributed by atoms with Gasteiger partial charge in [0.2, 0.25) is 11.7 Å². The number of aromatic hydroxyl groups is 1. The fourth-order valence-corrected chi connectivity index (χ4v) is 1.58. The molecule has 2 atom stereocenters. The zero-order valence-electron chi connectivity index (χ0n) is 11.1. The van der Waals surface area contributed by atoms with Gasteiger partial charge in [-0.1, -0.05) is 12.1 Å². The second kappa shape index (κ2) is 5.27. The lowest BCUT2D eigenvalue weighted by molar-refractivity contribution is 0.346. The van der Waals surface area contributed by atoms with Crippen LogP contribution in [0.25, 0.3) is 11.4 Å². The van der Waals surface area contributed by atoms with Crippen molar-refractivity contribution in [3.05, 3.63) is 24.1 Å². The van der Waals surface area contributed by atoms with E-state index in [1.807, 2.05) is 13.8 Å². The second-order valence-corrected chi connectivity index (χ2v) is 4.49. The van der Waals surface area contributed by atoms with E-state index >= 15 is 0 Å². The predicted molar refractivity (Wildman–Crippen MR) is 70.0 cm³/mol. The molecule has 19 heavy (non-hydrogen) atoms. The number of hydrogen-bond donors (Lipinski definition) is 2. The number of nitrogens with zero attached hydrogens (tertiary/aromatic N) is 2. The number of methoxy groups -OCH3 is 1. The fourth-order valence-electron chi connectivity index (χ4n) is 1.58. The van der Waals surface area contributed by atoms with Crippen molar-refractivity contribution in [2.45, 2.75) is 25.8 Å². The molecule has 2 aromatic rings. The van der Waals surface area contributed by atoms with Crippen LogP contribution in [0, 0.1) is 0 Å². The molecule has 1 aromatic heterocycles. The molecule has 0 spiro atoms. The maximum Gasteiger partial charge on any atom is 0.231 e.